The lowest BCUT2D eigenvalue weighted by Crippen LogP contribution is -2.06. The number of aromatic nitrogens is 3. The maximum Gasteiger partial charge on any atom is 0.243 e. The SMILES string of the molecule is Cc1cccn2nc(NC(C)c3ccsc3)nc12. The van der Waals surface area contributed by atoms with Gasteiger partial charge in [-0.1, -0.05) is 6.07 Å². The van der Waals surface area contributed by atoms with Crippen molar-refractivity contribution in [3.63, 3.8) is 0 Å². The lowest BCUT2D eigenvalue weighted by molar-refractivity contribution is 0.856. The van der Waals surface area contributed by atoms with Crippen LogP contribution in [0.5, 0.6) is 0 Å². The lowest BCUT2D eigenvalue weighted by Gasteiger charge is -2.09. The average molecular weight is 258 g/mol. The maximum atomic E-state index is 4.51. The summed E-state index contributed by atoms with van der Waals surface area (Å²) in [6.45, 7) is 4.15. The highest BCUT2D eigenvalue weighted by atomic mass is 32.1. The Morgan fingerprint density at radius 2 is 2.28 bits per heavy atom. The first-order chi connectivity index (χ1) is 8.74. The molecule has 3 aromatic heterocycles. The van der Waals surface area contributed by atoms with Crippen molar-refractivity contribution < 1.29 is 0 Å². The average Bonchev–Trinajstić information content (AvgIpc) is 2.97. The normalized spacial score (nSPS) is 12.8. The predicted molar refractivity (Wildman–Crippen MR) is 74.1 cm³/mol. The van der Waals surface area contributed by atoms with Crippen molar-refractivity contribution in [2.45, 2.75) is 19.9 Å². The molecule has 0 saturated heterocycles. The van der Waals surface area contributed by atoms with Gasteiger partial charge in [-0.2, -0.15) is 16.3 Å². The van der Waals surface area contributed by atoms with Gasteiger partial charge >= 0.3 is 0 Å². The van der Waals surface area contributed by atoms with Crippen molar-refractivity contribution in [2.24, 2.45) is 0 Å². The summed E-state index contributed by atoms with van der Waals surface area (Å²) in [5.74, 6) is 0.669. The molecule has 92 valence electrons. The number of nitrogens with zero attached hydrogens (tertiary/aromatic N) is 3. The van der Waals surface area contributed by atoms with E-state index < -0.39 is 0 Å². The summed E-state index contributed by atoms with van der Waals surface area (Å²) in [6, 6.07) is 6.34. The largest absolute Gasteiger partial charge is 0.346 e. The van der Waals surface area contributed by atoms with E-state index in [1.165, 1.54) is 5.56 Å². The number of hydrogen-bond donors (Lipinski definition) is 1. The number of anilines is 1. The van der Waals surface area contributed by atoms with E-state index in [0.717, 1.165) is 11.2 Å². The Morgan fingerprint density at radius 1 is 1.39 bits per heavy atom. The van der Waals surface area contributed by atoms with Gasteiger partial charge in [-0.25, -0.2) is 4.52 Å². The van der Waals surface area contributed by atoms with Crippen LogP contribution in [-0.2, 0) is 0 Å². The van der Waals surface area contributed by atoms with Crippen LogP contribution < -0.4 is 5.32 Å². The molecule has 0 aliphatic carbocycles. The molecule has 5 heteroatoms. The summed E-state index contributed by atoms with van der Waals surface area (Å²) < 4.78 is 1.80. The Morgan fingerprint density at radius 3 is 3.00 bits per heavy atom. The molecule has 3 rings (SSSR count). The van der Waals surface area contributed by atoms with E-state index in [1.54, 1.807) is 15.9 Å². The van der Waals surface area contributed by atoms with Crippen LogP contribution in [0.15, 0.2) is 35.2 Å². The van der Waals surface area contributed by atoms with Crippen molar-refractivity contribution >= 4 is 22.9 Å². The quantitative estimate of drug-likeness (QED) is 0.784. The van der Waals surface area contributed by atoms with Crippen molar-refractivity contribution in [1.82, 2.24) is 14.6 Å². The monoisotopic (exact) mass is 258 g/mol. The van der Waals surface area contributed by atoms with Gasteiger partial charge in [-0.15, -0.1) is 5.10 Å². The highest BCUT2D eigenvalue weighted by Crippen LogP contribution is 2.20. The molecule has 0 bridgehead atoms. The number of pyridine rings is 1. The summed E-state index contributed by atoms with van der Waals surface area (Å²) in [5.41, 5.74) is 3.29. The third-order valence-corrected chi connectivity index (χ3v) is 3.65. The maximum absolute atomic E-state index is 4.51. The Kier molecular flexibility index (Phi) is 2.76. The molecule has 0 fully saturated rings. The minimum absolute atomic E-state index is 0.217. The van der Waals surface area contributed by atoms with Gasteiger partial charge < -0.3 is 5.32 Å². The summed E-state index contributed by atoms with van der Waals surface area (Å²) >= 11 is 1.70. The van der Waals surface area contributed by atoms with Crippen molar-refractivity contribution in [3.05, 3.63) is 46.3 Å². The number of nitrogens with one attached hydrogen (secondary N) is 1. The fourth-order valence-electron chi connectivity index (χ4n) is 1.90. The van der Waals surface area contributed by atoms with E-state index in [9.17, 15) is 0 Å². The zero-order valence-corrected chi connectivity index (χ0v) is 11.1. The van der Waals surface area contributed by atoms with E-state index in [1.807, 2.05) is 25.3 Å². The highest BCUT2D eigenvalue weighted by Gasteiger charge is 2.10. The number of thiophene rings is 1. The van der Waals surface area contributed by atoms with Gasteiger partial charge in [-0.3, -0.25) is 0 Å². The Labute approximate surface area is 109 Å². The lowest BCUT2D eigenvalue weighted by atomic mass is 10.2. The van der Waals surface area contributed by atoms with Crippen molar-refractivity contribution in [2.75, 3.05) is 5.32 Å². The van der Waals surface area contributed by atoms with Crippen LogP contribution >= 0.6 is 11.3 Å². The first-order valence-corrected chi connectivity index (χ1v) is 6.79. The van der Waals surface area contributed by atoms with Gasteiger partial charge in [0.25, 0.3) is 0 Å². The minimum Gasteiger partial charge on any atom is -0.346 e. The number of fused-ring (bicyclic) bond motifs is 1. The first-order valence-electron chi connectivity index (χ1n) is 5.84. The van der Waals surface area contributed by atoms with Gasteiger partial charge in [-0.05, 0) is 47.9 Å². The molecular formula is C13H14N4S. The molecule has 1 unspecified atom stereocenters. The predicted octanol–water partition coefficient (Wildman–Crippen LogP) is 3.27. The van der Waals surface area contributed by atoms with Crippen LogP contribution in [0.1, 0.15) is 24.1 Å². The van der Waals surface area contributed by atoms with Crippen molar-refractivity contribution in [3.8, 4) is 0 Å². The van der Waals surface area contributed by atoms with E-state index in [0.29, 0.717) is 5.95 Å². The van der Waals surface area contributed by atoms with Crippen LogP contribution in [0.3, 0.4) is 0 Å². The molecule has 3 aromatic rings. The number of rotatable bonds is 3. The fraction of sp³-hybridized carbons (Fsp3) is 0.231. The summed E-state index contributed by atoms with van der Waals surface area (Å²) in [6.07, 6.45) is 1.91. The van der Waals surface area contributed by atoms with Crippen LogP contribution in [0, 0.1) is 6.92 Å². The Bertz CT molecular complexity index is 657. The third kappa shape index (κ3) is 1.97. The number of hydrogen-bond acceptors (Lipinski definition) is 4. The molecule has 0 aliphatic rings. The topological polar surface area (TPSA) is 42.2 Å². The fourth-order valence-corrected chi connectivity index (χ4v) is 2.65. The van der Waals surface area contributed by atoms with Gasteiger partial charge in [0.1, 0.15) is 0 Å². The van der Waals surface area contributed by atoms with E-state index >= 15 is 0 Å². The van der Waals surface area contributed by atoms with E-state index in [4.69, 9.17) is 0 Å². The van der Waals surface area contributed by atoms with Gasteiger partial charge in [0.15, 0.2) is 5.65 Å². The summed E-state index contributed by atoms with van der Waals surface area (Å²) in [4.78, 5) is 4.51. The molecule has 3 heterocycles. The van der Waals surface area contributed by atoms with E-state index in [2.05, 4.69) is 39.1 Å². The Balaban J connectivity index is 1.89. The molecule has 0 aliphatic heterocycles. The molecule has 4 nitrogen and oxygen atoms in total. The Hall–Kier alpha value is -1.88. The summed E-state index contributed by atoms with van der Waals surface area (Å²) in [7, 11) is 0. The molecule has 0 amide bonds. The van der Waals surface area contributed by atoms with Gasteiger partial charge in [0.05, 0.1) is 6.04 Å². The highest BCUT2D eigenvalue weighted by molar-refractivity contribution is 7.07. The summed E-state index contributed by atoms with van der Waals surface area (Å²) in [5, 5.41) is 12.0. The molecule has 0 spiro atoms. The van der Waals surface area contributed by atoms with Crippen LogP contribution in [0.4, 0.5) is 5.95 Å². The molecule has 1 N–H and O–H groups in total. The second-order valence-electron chi connectivity index (χ2n) is 4.32. The smallest absolute Gasteiger partial charge is 0.243 e. The molecule has 0 radical (unpaired) electrons. The zero-order chi connectivity index (χ0) is 12.5. The van der Waals surface area contributed by atoms with Crippen LogP contribution in [-0.4, -0.2) is 14.6 Å². The van der Waals surface area contributed by atoms with Gasteiger partial charge in [0, 0.05) is 6.20 Å². The van der Waals surface area contributed by atoms with Crippen LogP contribution in [0.25, 0.3) is 5.65 Å². The standard InChI is InChI=1S/C13H14N4S/c1-9-4-3-6-17-12(9)15-13(16-17)14-10(2)11-5-7-18-8-11/h3-8,10H,1-2H3,(H,14,16). The molecular weight excluding hydrogens is 244 g/mol. The van der Waals surface area contributed by atoms with E-state index in [-0.39, 0.29) is 6.04 Å². The van der Waals surface area contributed by atoms with Crippen molar-refractivity contribution in [1.29, 1.82) is 0 Å². The minimum atomic E-state index is 0.217. The second kappa shape index (κ2) is 4.42. The third-order valence-electron chi connectivity index (χ3n) is 2.95. The second-order valence-corrected chi connectivity index (χ2v) is 5.10. The van der Waals surface area contributed by atoms with Crippen LogP contribution in [0.2, 0.25) is 0 Å². The zero-order valence-electron chi connectivity index (χ0n) is 10.3. The molecule has 0 aromatic carbocycles. The molecule has 18 heavy (non-hydrogen) atoms. The molecule has 1 atom stereocenters. The van der Waals surface area contributed by atoms with Gasteiger partial charge in [0.2, 0.25) is 5.95 Å². The number of aryl methyl sites for hydroxylation is 1. The molecule has 0 saturated carbocycles. The first kappa shape index (κ1) is 11.2.